The Morgan fingerprint density at radius 2 is 1.86 bits per heavy atom. The van der Waals surface area contributed by atoms with Crippen LogP contribution in [0.15, 0.2) is 30.6 Å². The van der Waals surface area contributed by atoms with E-state index in [4.69, 9.17) is 4.74 Å². The molecule has 11 heteroatoms. The fraction of sp³-hybridized carbons (Fsp3) is 0.500. The summed E-state index contributed by atoms with van der Waals surface area (Å²) in [7, 11) is 0. The molecule has 2 aliphatic rings. The molecule has 4 rings (SSSR count). The van der Waals surface area contributed by atoms with Crippen molar-refractivity contribution >= 4 is 23.6 Å². The Bertz CT molecular complexity index is 1150. The van der Waals surface area contributed by atoms with Crippen molar-refractivity contribution in [1.82, 2.24) is 14.9 Å². The summed E-state index contributed by atoms with van der Waals surface area (Å²) in [5.41, 5.74) is 1.41. The number of carbonyl (C=O) groups is 2. The molecule has 2 heterocycles. The number of hydrogen-bond donors (Lipinski definition) is 1. The predicted molar refractivity (Wildman–Crippen MR) is 127 cm³/mol. The summed E-state index contributed by atoms with van der Waals surface area (Å²) in [4.78, 5) is 47.5. The molecule has 2 aromatic rings. The number of ether oxygens (including phenoxy) is 1. The topological polar surface area (TPSA) is 139 Å². The van der Waals surface area contributed by atoms with Crippen LogP contribution in [0.3, 0.4) is 0 Å². The minimum absolute atomic E-state index is 0.0291. The number of nitrogens with zero attached hydrogens (tertiary/aromatic N) is 5. The lowest BCUT2D eigenvalue weighted by molar-refractivity contribution is -0.384. The second-order valence-electron chi connectivity index (χ2n) is 10.1. The van der Waals surface area contributed by atoms with Crippen LogP contribution in [-0.4, -0.2) is 62.6 Å². The molecule has 1 N–H and O–H groups in total. The number of rotatable bonds is 4. The SMILES string of the molecule is C[C@@H]1C[C@@H](OC(=O)c2ccc([N+](=O)[O-])cc2)c2ncnc(N3CCN(C(=O)O)C(C(C)(C)C)C3)c21. The number of amides is 1. The Morgan fingerprint density at radius 3 is 2.46 bits per heavy atom. The monoisotopic (exact) mass is 483 g/mol. The van der Waals surface area contributed by atoms with Gasteiger partial charge in [-0.1, -0.05) is 27.7 Å². The van der Waals surface area contributed by atoms with Gasteiger partial charge >= 0.3 is 12.1 Å². The molecular weight excluding hydrogens is 454 g/mol. The molecule has 1 aromatic carbocycles. The van der Waals surface area contributed by atoms with Gasteiger partial charge in [0.2, 0.25) is 0 Å². The Kier molecular flexibility index (Phi) is 6.35. The smallest absolute Gasteiger partial charge is 0.407 e. The average molecular weight is 484 g/mol. The van der Waals surface area contributed by atoms with Gasteiger partial charge in [0.15, 0.2) is 0 Å². The number of non-ortho nitro benzene ring substituents is 1. The van der Waals surface area contributed by atoms with Crippen LogP contribution in [0, 0.1) is 15.5 Å². The highest BCUT2D eigenvalue weighted by molar-refractivity contribution is 5.89. The van der Waals surface area contributed by atoms with Gasteiger partial charge in [-0.3, -0.25) is 10.1 Å². The van der Waals surface area contributed by atoms with Crippen LogP contribution in [0.2, 0.25) is 0 Å². The van der Waals surface area contributed by atoms with E-state index in [-0.39, 0.29) is 28.6 Å². The number of piperazine rings is 1. The predicted octanol–water partition coefficient (Wildman–Crippen LogP) is 4.00. The summed E-state index contributed by atoms with van der Waals surface area (Å²) in [5.74, 6) is 0.199. The Balaban J connectivity index is 1.57. The van der Waals surface area contributed by atoms with Gasteiger partial charge in [0.05, 0.1) is 22.2 Å². The molecule has 1 aromatic heterocycles. The van der Waals surface area contributed by atoms with Crippen LogP contribution in [0.1, 0.15) is 67.8 Å². The summed E-state index contributed by atoms with van der Waals surface area (Å²) in [6, 6.07) is 5.07. The third-order valence-electron chi connectivity index (χ3n) is 6.75. The van der Waals surface area contributed by atoms with Crippen molar-refractivity contribution < 1.29 is 24.4 Å². The van der Waals surface area contributed by atoms with Crippen LogP contribution in [0.5, 0.6) is 0 Å². The Labute approximate surface area is 202 Å². The van der Waals surface area contributed by atoms with E-state index < -0.39 is 23.1 Å². The standard InChI is InChI=1S/C24H29N5O6/c1-14-11-17(35-22(30)15-5-7-16(8-6-15)29(33)34)20-19(14)21(26-13-25-20)27-9-10-28(23(31)32)18(12-27)24(2,3)4/h5-8,13-14,17-18H,9-12H2,1-4H3,(H,31,32)/t14-,17-,18?/m1/s1. The zero-order valence-electron chi connectivity index (χ0n) is 20.2. The maximum absolute atomic E-state index is 12.7. The van der Waals surface area contributed by atoms with E-state index >= 15 is 0 Å². The van der Waals surface area contributed by atoms with E-state index in [2.05, 4.69) is 14.9 Å². The number of nitro groups is 1. The summed E-state index contributed by atoms with van der Waals surface area (Å²) in [6.07, 6.45) is 0.499. The number of nitro benzene ring substituents is 1. The largest absolute Gasteiger partial charge is 0.465 e. The molecule has 1 saturated heterocycles. The van der Waals surface area contributed by atoms with Crippen LogP contribution >= 0.6 is 0 Å². The lowest BCUT2D eigenvalue weighted by Gasteiger charge is -2.46. The summed E-state index contributed by atoms with van der Waals surface area (Å²) < 4.78 is 5.76. The molecule has 0 saturated carbocycles. The van der Waals surface area contributed by atoms with Crippen molar-refractivity contribution in [3.8, 4) is 0 Å². The normalized spacial score (nSPS) is 22.0. The molecule has 0 bridgehead atoms. The van der Waals surface area contributed by atoms with E-state index in [1.807, 2.05) is 27.7 Å². The number of carbonyl (C=O) groups excluding carboxylic acids is 1. The van der Waals surface area contributed by atoms with Gasteiger partial charge in [0.1, 0.15) is 18.2 Å². The lowest BCUT2D eigenvalue weighted by Crippen LogP contribution is -2.59. The van der Waals surface area contributed by atoms with E-state index in [0.29, 0.717) is 31.7 Å². The minimum Gasteiger partial charge on any atom is -0.465 e. The molecule has 1 unspecified atom stereocenters. The summed E-state index contributed by atoms with van der Waals surface area (Å²) in [6.45, 7) is 9.47. The maximum Gasteiger partial charge on any atom is 0.407 e. The van der Waals surface area contributed by atoms with Crippen LogP contribution < -0.4 is 4.90 Å². The zero-order chi connectivity index (χ0) is 25.5. The molecule has 35 heavy (non-hydrogen) atoms. The molecule has 1 aliphatic carbocycles. The third-order valence-corrected chi connectivity index (χ3v) is 6.75. The first-order valence-corrected chi connectivity index (χ1v) is 11.5. The number of benzene rings is 1. The van der Waals surface area contributed by atoms with E-state index in [1.54, 1.807) is 0 Å². The highest BCUT2D eigenvalue weighted by atomic mass is 16.6. The molecule has 0 radical (unpaired) electrons. The fourth-order valence-corrected chi connectivity index (χ4v) is 4.90. The summed E-state index contributed by atoms with van der Waals surface area (Å²) >= 11 is 0. The molecule has 11 nitrogen and oxygen atoms in total. The average Bonchev–Trinajstić information content (AvgIpc) is 3.13. The van der Waals surface area contributed by atoms with Gasteiger partial charge in [-0.15, -0.1) is 0 Å². The van der Waals surface area contributed by atoms with Crippen LogP contribution in [0.4, 0.5) is 16.3 Å². The minimum atomic E-state index is -0.927. The molecule has 0 spiro atoms. The van der Waals surface area contributed by atoms with E-state index in [1.165, 1.54) is 35.5 Å². The zero-order valence-corrected chi connectivity index (χ0v) is 20.2. The summed E-state index contributed by atoms with van der Waals surface area (Å²) in [5, 5.41) is 20.5. The van der Waals surface area contributed by atoms with Crippen molar-refractivity contribution in [2.75, 3.05) is 24.5 Å². The Morgan fingerprint density at radius 1 is 1.17 bits per heavy atom. The van der Waals surface area contributed by atoms with Crippen molar-refractivity contribution in [3.05, 3.63) is 57.5 Å². The highest BCUT2D eigenvalue weighted by Gasteiger charge is 2.41. The number of carboxylic acid groups (broad SMARTS) is 1. The van der Waals surface area contributed by atoms with Crippen molar-refractivity contribution in [1.29, 1.82) is 0 Å². The number of fused-ring (bicyclic) bond motifs is 1. The van der Waals surface area contributed by atoms with E-state index in [0.717, 1.165) is 11.4 Å². The number of hydrogen-bond acceptors (Lipinski definition) is 8. The lowest BCUT2D eigenvalue weighted by atomic mass is 9.84. The highest BCUT2D eigenvalue weighted by Crippen LogP contribution is 2.45. The third kappa shape index (κ3) is 4.75. The maximum atomic E-state index is 12.7. The van der Waals surface area contributed by atoms with Gasteiger partial charge in [-0.2, -0.15) is 0 Å². The van der Waals surface area contributed by atoms with Crippen molar-refractivity contribution in [2.45, 2.75) is 52.2 Å². The first-order chi connectivity index (χ1) is 16.5. The number of esters is 1. The molecule has 1 amide bonds. The second kappa shape index (κ2) is 9.12. The first kappa shape index (κ1) is 24.4. The van der Waals surface area contributed by atoms with Gasteiger partial charge < -0.3 is 19.6 Å². The van der Waals surface area contributed by atoms with Crippen LogP contribution in [-0.2, 0) is 4.74 Å². The van der Waals surface area contributed by atoms with Gasteiger partial charge in [0.25, 0.3) is 5.69 Å². The van der Waals surface area contributed by atoms with Crippen LogP contribution in [0.25, 0.3) is 0 Å². The van der Waals surface area contributed by atoms with Crippen molar-refractivity contribution in [2.24, 2.45) is 5.41 Å². The molecule has 3 atom stereocenters. The number of aromatic nitrogens is 2. The molecule has 1 fully saturated rings. The second-order valence-corrected chi connectivity index (χ2v) is 10.1. The van der Waals surface area contributed by atoms with Crippen molar-refractivity contribution in [3.63, 3.8) is 0 Å². The van der Waals surface area contributed by atoms with Gasteiger partial charge in [-0.25, -0.2) is 19.6 Å². The molecule has 186 valence electrons. The fourth-order valence-electron chi connectivity index (χ4n) is 4.90. The first-order valence-electron chi connectivity index (χ1n) is 11.5. The van der Waals surface area contributed by atoms with Gasteiger partial charge in [-0.05, 0) is 29.9 Å². The van der Waals surface area contributed by atoms with E-state index in [9.17, 15) is 24.8 Å². The molecule has 1 aliphatic heterocycles. The number of anilines is 1. The van der Waals surface area contributed by atoms with Gasteiger partial charge in [0, 0.05) is 37.3 Å². The quantitative estimate of drug-likeness (QED) is 0.388. The molecular formula is C24H29N5O6. The Hall–Kier alpha value is -3.76.